The average molecular weight is 263 g/mol. The minimum Gasteiger partial charge on any atom is -0.434 e. The maximum atomic E-state index is 13.8. The number of benzene rings is 2. The fraction of sp³-hybridized carbons (Fsp3) is 0. The van der Waals surface area contributed by atoms with Crippen molar-refractivity contribution in [2.24, 2.45) is 0 Å². The van der Waals surface area contributed by atoms with Gasteiger partial charge in [-0.15, -0.1) is 0 Å². The molecular formula is C13H8ClFN2O. The Morgan fingerprint density at radius 2 is 2.06 bits per heavy atom. The Bertz CT molecular complexity index is 739. The number of hydrogen-bond donors (Lipinski definition) is 1. The van der Waals surface area contributed by atoms with Crippen molar-refractivity contribution in [3.8, 4) is 11.5 Å². The second-order valence-corrected chi connectivity index (χ2v) is 4.25. The quantitative estimate of drug-likeness (QED) is 0.677. The van der Waals surface area contributed by atoms with Crippen molar-refractivity contribution in [3.05, 3.63) is 47.2 Å². The molecule has 90 valence electrons. The molecule has 0 bridgehead atoms. The first-order chi connectivity index (χ1) is 8.65. The van der Waals surface area contributed by atoms with Gasteiger partial charge in [0.25, 0.3) is 0 Å². The number of nitrogen functional groups attached to an aromatic ring is 1. The zero-order valence-corrected chi connectivity index (χ0v) is 9.91. The summed E-state index contributed by atoms with van der Waals surface area (Å²) in [6.45, 7) is 0. The van der Waals surface area contributed by atoms with Gasteiger partial charge in [0.2, 0.25) is 5.89 Å². The number of halogens is 2. The van der Waals surface area contributed by atoms with Crippen LogP contribution in [-0.4, -0.2) is 4.98 Å². The highest BCUT2D eigenvalue weighted by Crippen LogP contribution is 2.30. The van der Waals surface area contributed by atoms with Gasteiger partial charge in [-0.2, -0.15) is 0 Å². The molecule has 0 spiro atoms. The molecule has 5 heteroatoms. The molecule has 2 aromatic carbocycles. The summed E-state index contributed by atoms with van der Waals surface area (Å²) in [6, 6.07) is 9.56. The van der Waals surface area contributed by atoms with Gasteiger partial charge in [0.05, 0.1) is 10.6 Å². The fourth-order valence-electron chi connectivity index (χ4n) is 1.74. The van der Waals surface area contributed by atoms with E-state index in [1.165, 1.54) is 12.1 Å². The van der Waals surface area contributed by atoms with E-state index in [0.717, 1.165) is 0 Å². The number of fused-ring (bicyclic) bond motifs is 1. The topological polar surface area (TPSA) is 52.0 Å². The SMILES string of the molecule is Nc1ccc(-c2nc3cccc(Cl)c3o2)c(F)c1. The van der Waals surface area contributed by atoms with Crippen LogP contribution in [0.5, 0.6) is 0 Å². The summed E-state index contributed by atoms with van der Waals surface area (Å²) >= 11 is 5.98. The second kappa shape index (κ2) is 3.99. The largest absolute Gasteiger partial charge is 0.434 e. The Kier molecular flexibility index (Phi) is 2.45. The third kappa shape index (κ3) is 1.71. The van der Waals surface area contributed by atoms with Crippen molar-refractivity contribution in [3.63, 3.8) is 0 Å². The van der Waals surface area contributed by atoms with Crippen LogP contribution in [-0.2, 0) is 0 Å². The maximum Gasteiger partial charge on any atom is 0.230 e. The van der Waals surface area contributed by atoms with E-state index in [9.17, 15) is 4.39 Å². The minimum absolute atomic E-state index is 0.190. The molecule has 0 radical (unpaired) electrons. The summed E-state index contributed by atoms with van der Waals surface area (Å²) in [4.78, 5) is 4.20. The number of nitrogens with two attached hydrogens (primary N) is 1. The van der Waals surface area contributed by atoms with E-state index in [1.807, 2.05) is 0 Å². The average Bonchev–Trinajstić information content (AvgIpc) is 2.74. The molecule has 0 aliphatic heterocycles. The van der Waals surface area contributed by atoms with E-state index in [2.05, 4.69) is 4.98 Å². The number of aromatic nitrogens is 1. The molecule has 3 rings (SSSR count). The first kappa shape index (κ1) is 11.0. The zero-order chi connectivity index (χ0) is 12.7. The normalized spacial score (nSPS) is 11.0. The molecule has 1 heterocycles. The lowest BCUT2D eigenvalue weighted by Crippen LogP contribution is -1.89. The number of rotatable bonds is 1. The molecule has 2 N–H and O–H groups in total. The first-order valence-electron chi connectivity index (χ1n) is 5.25. The van der Waals surface area contributed by atoms with Crippen LogP contribution in [0.4, 0.5) is 10.1 Å². The zero-order valence-electron chi connectivity index (χ0n) is 9.15. The number of para-hydroxylation sites is 1. The van der Waals surface area contributed by atoms with Crippen LogP contribution in [0.1, 0.15) is 0 Å². The van der Waals surface area contributed by atoms with Crippen LogP contribution in [0, 0.1) is 5.82 Å². The predicted molar refractivity (Wildman–Crippen MR) is 68.8 cm³/mol. The maximum absolute atomic E-state index is 13.8. The van der Waals surface area contributed by atoms with Gasteiger partial charge in [-0.05, 0) is 30.3 Å². The van der Waals surface area contributed by atoms with Gasteiger partial charge < -0.3 is 10.2 Å². The third-order valence-electron chi connectivity index (χ3n) is 2.59. The van der Waals surface area contributed by atoms with Crippen molar-refractivity contribution in [2.75, 3.05) is 5.73 Å². The molecule has 1 aromatic heterocycles. The van der Waals surface area contributed by atoms with Crippen LogP contribution in [0.2, 0.25) is 5.02 Å². The molecule has 0 atom stereocenters. The van der Waals surface area contributed by atoms with Crippen LogP contribution in [0.15, 0.2) is 40.8 Å². The number of nitrogens with zero attached hydrogens (tertiary/aromatic N) is 1. The third-order valence-corrected chi connectivity index (χ3v) is 2.89. The van der Waals surface area contributed by atoms with Crippen LogP contribution >= 0.6 is 11.6 Å². The Hall–Kier alpha value is -2.07. The molecule has 0 saturated carbocycles. The highest BCUT2D eigenvalue weighted by Gasteiger charge is 2.14. The lowest BCUT2D eigenvalue weighted by molar-refractivity contribution is 0.594. The Labute approximate surface area is 107 Å². The molecule has 3 aromatic rings. The monoisotopic (exact) mass is 262 g/mol. The van der Waals surface area contributed by atoms with Gasteiger partial charge in [-0.3, -0.25) is 0 Å². The number of anilines is 1. The van der Waals surface area contributed by atoms with Crippen LogP contribution in [0.3, 0.4) is 0 Å². The first-order valence-corrected chi connectivity index (χ1v) is 5.63. The molecule has 0 aliphatic rings. The van der Waals surface area contributed by atoms with Gasteiger partial charge in [-0.1, -0.05) is 17.7 Å². The smallest absolute Gasteiger partial charge is 0.230 e. The van der Waals surface area contributed by atoms with Gasteiger partial charge in [0.15, 0.2) is 5.58 Å². The second-order valence-electron chi connectivity index (χ2n) is 3.85. The van der Waals surface area contributed by atoms with E-state index >= 15 is 0 Å². The Balaban J connectivity index is 2.23. The number of oxazole rings is 1. The van der Waals surface area contributed by atoms with E-state index < -0.39 is 5.82 Å². The van der Waals surface area contributed by atoms with Crippen LogP contribution < -0.4 is 5.73 Å². The molecular weight excluding hydrogens is 255 g/mol. The summed E-state index contributed by atoms with van der Waals surface area (Å²) in [5.41, 5.74) is 7.15. The van der Waals surface area contributed by atoms with Gasteiger partial charge >= 0.3 is 0 Å². The molecule has 0 unspecified atom stereocenters. The fourth-order valence-corrected chi connectivity index (χ4v) is 1.94. The predicted octanol–water partition coefficient (Wildman–Crippen LogP) is 3.87. The summed E-state index contributed by atoms with van der Waals surface area (Å²) in [5, 5.41) is 0.446. The van der Waals surface area contributed by atoms with Crippen molar-refractivity contribution >= 4 is 28.4 Å². The molecule has 18 heavy (non-hydrogen) atoms. The summed E-state index contributed by atoms with van der Waals surface area (Å²) < 4.78 is 19.2. The minimum atomic E-state index is -0.474. The highest BCUT2D eigenvalue weighted by atomic mass is 35.5. The van der Waals surface area contributed by atoms with Crippen molar-refractivity contribution in [2.45, 2.75) is 0 Å². The standard InChI is InChI=1S/C13H8ClFN2O/c14-9-2-1-3-11-12(9)18-13(17-11)8-5-4-7(16)6-10(8)15/h1-6H,16H2. The van der Waals surface area contributed by atoms with Crippen molar-refractivity contribution in [1.82, 2.24) is 4.98 Å². The molecule has 3 nitrogen and oxygen atoms in total. The Morgan fingerprint density at radius 1 is 1.22 bits per heavy atom. The van der Waals surface area contributed by atoms with Crippen LogP contribution in [0.25, 0.3) is 22.6 Å². The summed E-state index contributed by atoms with van der Waals surface area (Å²) in [7, 11) is 0. The molecule has 0 fully saturated rings. The van der Waals surface area contributed by atoms with E-state index in [4.69, 9.17) is 21.8 Å². The van der Waals surface area contributed by atoms with Gasteiger partial charge in [0.1, 0.15) is 11.3 Å². The number of hydrogen-bond acceptors (Lipinski definition) is 3. The summed E-state index contributed by atoms with van der Waals surface area (Å²) in [6.07, 6.45) is 0. The lowest BCUT2D eigenvalue weighted by Gasteiger charge is -1.98. The highest BCUT2D eigenvalue weighted by molar-refractivity contribution is 6.34. The Morgan fingerprint density at radius 3 is 2.78 bits per heavy atom. The molecule has 0 aliphatic carbocycles. The summed E-state index contributed by atoms with van der Waals surface area (Å²) in [5.74, 6) is -0.284. The molecule has 0 saturated heterocycles. The lowest BCUT2D eigenvalue weighted by atomic mass is 10.2. The van der Waals surface area contributed by atoms with Gasteiger partial charge in [-0.25, -0.2) is 9.37 Å². The van der Waals surface area contributed by atoms with Crippen molar-refractivity contribution < 1.29 is 8.81 Å². The van der Waals surface area contributed by atoms with Gasteiger partial charge in [0, 0.05) is 5.69 Å². The van der Waals surface area contributed by atoms with E-state index in [0.29, 0.717) is 21.8 Å². The van der Waals surface area contributed by atoms with E-state index in [-0.39, 0.29) is 11.5 Å². The van der Waals surface area contributed by atoms with E-state index in [1.54, 1.807) is 24.3 Å². The van der Waals surface area contributed by atoms with Crippen molar-refractivity contribution in [1.29, 1.82) is 0 Å². The molecule has 0 amide bonds.